The molecule has 3 aliphatic rings. The van der Waals surface area contributed by atoms with Crippen LogP contribution >= 0.6 is 15.8 Å². The zero-order valence-electron chi connectivity index (χ0n) is 27.3. The lowest BCUT2D eigenvalue weighted by molar-refractivity contribution is 0.467. The lowest BCUT2D eigenvalue weighted by atomic mass is 9.87. The Hall–Kier alpha value is -4.02. The number of ether oxygens (including phenoxy) is 1. The first-order chi connectivity index (χ1) is 23.8. The summed E-state index contributed by atoms with van der Waals surface area (Å²) in [5.41, 5.74) is 8.44. The maximum absolute atomic E-state index is 7.43. The summed E-state index contributed by atoms with van der Waals surface area (Å²) in [6.07, 6.45) is 8.13. The van der Waals surface area contributed by atoms with Crippen LogP contribution in [0.1, 0.15) is 59.1 Å². The van der Waals surface area contributed by atoms with E-state index in [0.717, 1.165) is 17.9 Å². The monoisotopic (exact) mass is 658 g/mol. The molecule has 6 aromatic carbocycles. The number of benzene rings is 6. The van der Waals surface area contributed by atoms with Crippen molar-refractivity contribution in [2.24, 2.45) is 0 Å². The van der Waals surface area contributed by atoms with Gasteiger partial charge in [0, 0.05) is 27.3 Å². The van der Waals surface area contributed by atoms with Crippen molar-refractivity contribution in [2.45, 2.75) is 42.4 Å². The molecule has 236 valence electrons. The summed E-state index contributed by atoms with van der Waals surface area (Å²) < 4.78 is 7.43. The zero-order valence-corrected chi connectivity index (χ0v) is 29.1. The normalized spacial score (nSPS) is 20.4. The van der Waals surface area contributed by atoms with E-state index in [2.05, 4.69) is 158 Å². The Balaban J connectivity index is 1.18. The highest BCUT2D eigenvalue weighted by Crippen LogP contribution is 2.69. The Labute approximate surface area is 287 Å². The molecule has 2 saturated heterocycles. The fourth-order valence-electron chi connectivity index (χ4n) is 9.07. The van der Waals surface area contributed by atoms with E-state index in [0.29, 0.717) is 0 Å². The van der Waals surface area contributed by atoms with Crippen LogP contribution in [0.4, 0.5) is 0 Å². The number of para-hydroxylation sites is 2. The van der Waals surface area contributed by atoms with E-state index in [1.807, 2.05) is 0 Å². The summed E-state index contributed by atoms with van der Waals surface area (Å²) in [5.74, 6) is 2.28. The summed E-state index contributed by atoms with van der Waals surface area (Å²) in [4.78, 5) is 0. The highest BCUT2D eigenvalue weighted by Gasteiger charge is 2.49. The summed E-state index contributed by atoms with van der Waals surface area (Å²) in [5, 5.41) is 2.82. The van der Waals surface area contributed by atoms with Gasteiger partial charge >= 0.3 is 0 Å². The fourth-order valence-corrected chi connectivity index (χ4v) is 16.2. The molecule has 2 atom stereocenters. The molecular weight excluding hydrogens is 618 g/mol. The van der Waals surface area contributed by atoms with Gasteiger partial charge in [0.05, 0.1) is 0 Å². The van der Waals surface area contributed by atoms with Gasteiger partial charge in [-0.3, -0.25) is 0 Å². The lowest BCUT2D eigenvalue weighted by Crippen LogP contribution is -2.29. The SMILES string of the molecule is c1ccc(C2(c3ccccc3)CCCP2c2cccc3c2Oc2c(cccc2P2CCCC2(c2ccccc2)c2ccccc2)C3)cc1. The maximum Gasteiger partial charge on any atom is 0.138 e. The minimum absolute atomic E-state index is 0.0263. The Morgan fingerprint density at radius 1 is 0.396 bits per heavy atom. The van der Waals surface area contributed by atoms with Gasteiger partial charge in [-0.25, -0.2) is 0 Å². The zero-order chi connectivity index (χ0) is 32.0. The van der Waals surface area contributed by atoms with Crippen LogP contribution in [-0.4, -0.2) is 12.3 Å². The topological polar surface area (TPSA) is 9.23 Å². The van der Waals surface area contributed by atoms with E-state index in [9.17, 15) is 0 Å². The van der Waals surface area contributed by atoms with Crippen molar-refractivity contribution in [3.63, 3.8) is 0 Å². The molecule has 3 heterocycles. The van der Waals surface area contributed by atoms with Crippen LogP contribution in [0, 0.1) is 0 Å². The van der Waals surface area contributed by atoms with Crippen molar-refractivity contribution in [1.29, 1.82) is 0 Å². The second kappa shape index (κ2) is 12.5. The predicted molar refractivity (Wildman–Crippen MR) is 204 cm³/mol. The first-order valence-corrected chi connectivity index (χ1v) is 20.5. The fraction of sp³-hybridized carbons (Fsp3) is 0.200. The predicted octanol–water partition coefficient (Wildman–Crippen LogP) is 11.1. The number of hydrogen-bond acceptors (Lipinski definition) is 1. The van der Waals surface area contributed by atoms with E-state index in [1.165, 1.54) is 82.0 Å². The molecule has 1 nitrogen and oxygen atoms in total. The third-order valence-corrected chi connectivity index (χ3v) is 17.8. The maximum atomic E-state index is 7.43. The van der Waals surface area contributed by atoms with Gasteiger partial charge in [-0.15, -0.1) is 0 Å². The van der Waals surface area contributed by atoms with E-state index in [4.69, 9.17) is 4.74 Å². The Kier molecular flexibility index (Phi) is 7.80. The molecule has 0 aromatic heterocycles. The van der Waals surface area contributed by atoms with Crippen LogP contribution in [0.2, 0.25) is 0 Å². The van der Waals surface area contributed by atoms with Gasteiger partial charge in [0.2, 0.25) is 0 Å². The van der Waals surface area contributed by atoms with Crippen LogP contribution in [0.15, 0.2) is 158 Å². The quantitative estimate of drug-likeness (QED) is 0.162. The van der Waals surface area contributed by atoms with Crippen molar-refractivity contribution in [2.75, 3.05) is 12.3 Å². The first-order valence-electron chi connectivity index (χ1n) is 17.5. The third kappa shape index (κ3) is 4.74. The van der Waals surface area contributed by atoms with Gasteiger partial charge in [-0.1, -0.05) is 174 Å². The molecule has 0 N–H and O–H groups in total. The van der Waals surface area contributed by atoms with Gasteiger partial charge in [-0.05, 0) is 71.4 Å². The lowest BCUT2D eigenvalue weighted by Gasteiger charge is -2.40. The van der Waals surface area contributed by atoms with Crippen molar-refractivity contribution in [3.05, 3.63) is 191 Å². The number of rotatable bonds is 6. The highest BCUT2D eigenvalue weighted by molar-refractivity contribution is 7.68. The van der Waals surface area contributed by atoms with E-state index in [-0.39, 0.29) is 10.3 Å². The minimum atomic E-state index is -0.575. The molecule has 3 aliphatic heterocycles. The molecule has 0 spiro atoms. The van der Waals surface area contributed by atoms with Crippen molar-refractivity contribution >= 4 is 26.5 Å². The third-order valence-electron chi connectivity index (χ3n) is 11.1. The van der Waals surface area contributed by atoms with Gasteiger partial charge in [-0.2, -0.15) is 0 Å². The van der Waals surface area contributed by atoms with Crippen molar-refractivity contribution in [3.8, 4) is 11.5 Å². The minimum Gasteiger partial charge on any atom is -0.455 e. The number of hydrogen-bond donors (Lipinski definition) is 0. The molecule has 3 heteroatoms. The van der Waals surface area contributed by atoms with Gasteiger partial charge in [0.25, 0.3) is 0 Å². The second-order valence-corrected chi connectivity index (χ2v) is 18.6. The molecule has 0 radical (unpaired) electrons. The van der Waals surface area contributed by atoms with E-state index in [1.54, 1.807) is 0 Å². The first kappa shape index (κ1) is 30.1. The van der Waals surface area contributed by atoms with Crippen LogP contribution in [-0.2, 0) is 16.7 Å². The second-order valence-electron chi connectivity index (χ2n) is 13.5. The molecule has 48 heavy (non-hydrogen) atoms. The molecule has 9 rings (SSSR count). The molecule has 0 saturated carbocycles. The van der Waals surface area contributed by atoms with Crippen LogP contribution in [0.5, 0.6) is 11.5 Å². The average Bonchev–Trinajstić information content (AvgIpc) is 3.82. The van der Waals surface area contributed by atoms with Crippen molar-refractivity contribution in [1.82, 2.24) is 0 Å². The largest absolute Gasteiger partial charge is 0.455 e. The standard InChI is InChI=1S/C45H40OP2/c1-5-19-36(20-6-1)44(37-21-7-2-8-22-37)29-15-31-47(44)40-27-13-17-34-33-35-18-14-28-41(43(35)46-42(34)40)48-32-16-30-45(48,38-23-9-3-10-24-38)39-25-11-4-12-26-39/h1-14,17-28H,15-16,29-33H2. The summed E-state index contributed by atoms with van der Waals surface area (Å²) in [7, 11) is -1.15. The smallest absolute Gasteiger partial charge is 0.138 e. The molecule has 0 bridgehead atoms. The summed E-state index contributed by atoms with van der Waals surface area (Å²) >= 11 is 0. The Morgan fingerprint density at radius 3 is 1.10 bits per heavy atom. The summed E-state index contributed by atoms with van der Waals surface area (Å²) in [6, 6.07) is 59.4. The van der Waals surface area contributed by atoms with Crippen LogP contribution in [0.3, 0.4) is 0 Å². The Morgan fingerprint density at radius 2 is 0.750 bits per heavy atom. The van der Waals surface area contributed by atoms with E-state index >= 15 is 0 Å². The molecule has 2 unspecified atom stereocenters. The highest BCUT2D eigenvalue weighted by atomic mass is 31.1. The molecule has 2 fully saturated rings. The van der Waals surface area contributed by atoms with Crippen molar-refractivity contribution < 1.29 is 4.74 Å². The average molecular weight is 659 g/mol. The Bertz CT molecular complexity index is 1810. The summed E-state index contributed by atoms with van der Waals surface area (Å²) in [6.45, 7) is 0. The molecule has 0 amide bonds. The van der Waals surface area contributed by atoms with E-state index < -0.39 is 15.8 Å². The molecular formula is C45H40OP2. The molecule has 6 aromatic rings. The van der Waals surface area contributed by atoms with Gasteiger partial charge < -0.3 is 4.74 Å². The molecule has 0 aliphatic carbocycles. The van der Waals surface area contributed by atoms with Gasteiger partial charge in [0.1, 0.15) is 11.5 Å². The van der Waals surface area contributed by atoms with Crippen LogP contribution in [0.25, 0.3) is 0 Å². The number of fused-ring (bicyclic) bond motifs is 2. The van der Waals surface area contributed by atoms with Crippen LogP contribution < -0.4 is 15.3 Å². The van der Waals surface area contributed by atoms with Gasteiger partial charge in [0.15, 0.2) is 0 Å².